The maximum Gasteiger partial charge on any atom is 0.501 e. The second-order valence-electron chi connectivity index (χ2n) is 6.00. The molecule has 1 aromatic carbocycles. The summed E-state index contributed by atoms with van der Waals surface area (Å²) in [6.07, 6.45) is 1.61. The number of anilines is 2. The van der Waals surface area contributed by atoms with Gasteiger partial charge < -0.3 is 9.80 Å². The summed E-state index contributed by atoms with van der Waals surface area (Å²) in [5.41, 5.74) is -5.66. The van der Waals surface area contributed by atoms with Gasteiger partial charge in [0.15, 0.2) is 0 Å². The number of halogens is 4. The molecular weight excluding hydrogens is 388 g/mol. The number of piperazine rings is 1. The number of hydrogen-bond donors (Lipinski definition) is 0. The highest BCUT2D eigenvalue weighted by molar-refractivity contribution is 7.92. The number of aromatic nitrogens is 2. The normalized spacial score (nSPS) is 15.9. The van der Waals surface area contributed by atoms with E-state index in [0.717, 1.165) is 12.1 Å². The molecule has 27 heavy (non-hydrogen) atoms. The zero-order chi connectivity index (χ0) is 19.8. The maximum absolute atomic E-state index is 13.5. The van der Waals surface area contributed by atoms with Crippen molar-refractivity contribution in [1.82, 2.24) is 9.97 Å². The molecule has 0 unspecified atom stereocenters. The quantitative estimate of drug-likeness (QED) is 0.733. The van der Waals surface area contributed by atoms with E-state index in [2.05, 4.69) is 9.97 Å². The van der Waals surface area contributed by atoms with Gasteiger partial charge in [-0.25, -0.2) is 22.8 Å². The molecule has 0 radical (unpaired) electrons. The van der Waals surface area contributed by atoms with E-state index in [-0.39, 0.29) is 18.8 Å². The molecule has 0 amide bonds. The van der Waals surface area contributed by atoms with Crippen LogP contribution in [-0.4, -0.2) is 50.1 Å². The van der Waals surface area contributed by atoms with Crippen LogP contribution >= 0.6 is 0 Å². The lowest BCUT2D eigenvalue weighted by molar-refractivity contribution is -0.0435. The molecular formula is C16H16F4N4O2S. The van der Waals surface area contributed by atoms with Crippen LogP contribution in [0.3, 0.4) is 0 Å². The van der Waals surface area contributed by atoms with Crippen molar-refractivity contribution in [2.75, 3.05) is 36.0 Å². The van der Waals surface area contributed by atoms with Gasteiger partial charge in [0.2, 0.25) is 0 Å². The minimum atomic E-state index is -5.67. The van der Waals surface area contributed by atoms with Gasteiger partial charge in [0, 0.05) is 32.4 Å². The summed E-state index contributed by atoms with van der Waals surface area (Å²) in [6.45, 7) is 3.09. The van der Waals surface area contributed by atoms with Gasteiger partial charge in [-0.15, -0.1) is 0 Å². The first-order valence-electron chi connectivity index (χ1n) is 8.00. The lowest BCUT2D eigenvalue weighted by Gasteiger charge is -2.37. The van der Waals surface area contributed by atoms with Crippen LogP contribution in [0.15, 0.2) is 35.4 Å². The SMILES string of the molecule is Cc1nccc(N2CCN(c3ccc(F)cc3S(=O)(=O)C(F)(F)F)CC2)n1. The molecule has 1 aliphatic rings. The summed E-state index contributed by atoms with van der Waals surface area (Å²) >= 11 is 0. The van der Waals surface area contributed by atoms with Crippen LogP contribution in [-0.2, 0) is 9.84 Å². The molecule has 0 bridgehead atoms. The minimum absolute atomic E-state index is 0.160. The van der Waals surface area contributed by atoms with Crippen molar-refractivity contribution in [2.24, 2.45) is 0 Å². The number of benzene rings is 1. The van der Waals surface area contributed by atoms with Crippen molar-refractivity contribution in [1.29, 1.82) is 0 Å². The van der Waals surface area contributed by atoms with Gasteiger partial charge in [-0.1, -0.05) is 0 Å². The van der Waals surface area contributed by atoms with Crippen molar-refractivity contribution in [3.63, 3.8) is 0 Å². The first kappa shape index (κ1) is 19.3. The van der Waals surface area contributed by atoms with Gasteiger partial charge in [-0.3, -0.25) is 0 Å². The van der Waals surface area contributed by atoms with Crippen LogP contribution < -0.4 is 9.80 Å². The van der Waals surface area contributed by atoms with Crippen LogP contribution in [0.5, 0.6) is 0 Å². The van der Waals surface area contributed by atoms with Crippen molar-refractivity contribution in [3.8, 4) is 0 Å². The third-order valence-corrected chi connectivity index (χ3v) is 5.74. The fourth-order valence-corrected chi connectivity index (χ4v) is 3.87. The lowest BCUT2D eigenvalue weighted by atomic mass is 10.2. The monoisotopic (exact) mass is 404 g/mol. The summed E-state index contributed by atoms with van der Waals surface area (Å²) in [5.74, 6) is 0.230. The molecule has 0 aliphatic carbocycles. The summed E-state index contributed by atoms with van der Waals surface area (Å²) in [4.78, 5) is 10.7. The average Bonchev–Trinajstić information content (AvgIpc) is 2.61. The molecule has 1 saturated heterocycles. The molecule has 0 spiro atoms. The number of hydrogen-bond acceptors (Lipinski definition) is 6. The van der Waals surface area contributed by atoms with Crippen molar-refractivity contribution in [3.05, 3.63) is 42.1 Å². The summed E-state index contributed by atoms with van der Waals surface area (Å²) in [7, 11) is -5.67. The highest BCUT2D eigenvalue weighted by atomic mass is 32.2. The number of rotatable bonds is 3. The number of sulfone groups is 1. The highest BCUT2D eigenvalue weighted by Crippen LogP contribution is 2.36. The molecule has 1 aromatic heterocycles. The summed E-state index contributed by atoms with van der Waals surface area (Å²) < 4.78 is 76.1. The highest BCUT2D eigenvalue weighted by Gasteiger charge is 2.48. The lowest BCUT2D eigenvalue weighted by Crippen LogP contribution is -2.47. The van der Waals surface area contributed by atoms with Crippen LogP contribution in [0.2, 0.25) is 0 Å². The van der Waals surface area contributed by atoms with Gasteiger partial charge in [0.05, 0.1) is 5.69 Å². The average molecular weight is 404 g/mol. The third kappa shape index (κ3) is 3.82. The molecule has 2 heterocycles. The Labute approximate surface area is 153 Å². The Morgan fingerprint density at radius 1 is 1.04 bits per heavy atom. The Hall–Kier alpha value is -2.43. The van der Waals surface area contributed by atoms with Crippen molar-refractivity contribution in [2.45, 2.75) is 17.3 Å². The van der Waals surface area contributed by atoms with E-state index < -0.39 is 26.1 Å². The molecule has 11 heteroatoms. The Morgan fingerprint density at radius 3 is 2.26 bits per heavy atom. The summed E-state index contributed by atoms with van der Waals surface area (Å²) in [6, 6.07) is 4.15. The van der Waals surface area contributed by atoms with E-state index in [0.29, 0.717) is 30.8 Å². The van der Waals surface area contributed by atoms with E-state index in [1.807, 2.05) is 4.90 Å². The first-order chi connectivity index (χ1) is 12.6. The minimum Gasteiger partial charge on any atom is -0.367 e. The van der Waals surface area contributed by atoms with Gasteiger partial charge in [0.25, 0.3) is 9.84 Å². The van der Waals surface area contributed by atoms with Gasteiger partial charge in [0.1, 0.15) is 22.4 Å². The Balaban J connectivity index is 1.87. The second-order valence-corrected chi connectivity index (χ2v) is 7.91. The molecule has 1 aliphatic heterocycles. The van der Waals surface area contributed by atoms with Gasteiger partial charge in [-0.2, -0.15) is 13.2 Å². The zero-order valence-electron chi connectivity index (χ0n) is 14.2. The van der Waals surface area contributed by atoms with E-state index in [1.165, 1.54) is 4.90 Å². The van der Waals surface area contributed by atoms with Crippen LogP contribution in [0, 0.1) is 12.7 Å². The van der Waals surface area contributed by atoms with E-state index in [1.54, 1.807) is 19.2 Å². The van der Waals surface area contributed by atoms with Crippen LogP contribution in [0.4, 0.5) is 29.1 Å². The third-order valence-electron chi connectivity index (χ3n) is 4.22. The van der Waals surface area contributed by atoms with Crippen LogP contribution in [0.1, 0.15) is 5.82 Å². The van der Waals surface area contributed by atoms with Crippen LogP contribution in [0.25, 0.3) is 0 Å². The van der Waals surface area contributed by atoms with E-state index in [9.17, 15) is 26.0 Å². The molecule has 1 fully saturated rings. The Bertz CT molecular complexity index is 942. The second kappa shape index (κ2) is 6.95. The standard InChI is InChI=1S/C16H16F4N4O2S/c1-11-21-5-4-15(22-11)24-8-6-23(7-9-24)13-3-2-12(17)10-14(13)27(25,26)16(18,19)20/h2-5,10H,6-9H2,1H3. The molecule has 3 rings (SSSR count). The summed E-state index contributed by atoms with van der Waals surface area (Å²) in [5, 5.41) is 0. The van der Waals surface area contributed by atoms with E-state index in [4.69, 9.17) is 0 Å². The topological polar surface area (TPSA) is 66.4 Å². The Morgan fingerprint density at radius 2 is 1.67 bits per heavy atom. The van der Waals surface area contributed by atoms with Gasteiger partial charge in [-0.05, 0) is 31.2 Å². The predicted octanol–water partition coefficient (Wildman–Crippen LogP) is 2.54. The van der Waals surface area contributed by atoms with Gasteiger partial charge >= 0.3 is 5.51 Å². The molecule has 6 nitrogen and oxygen atoms in total. The van der Waals surface area contributed by atoms with Crippen molar-refractivity contribution >= 4 is 21.3 Å². The fourth-order valence-electron chi connectivity index (χ4n) is 2.89. The largest absolute Gasteiger partial charge is 0.501 e. The van der Waals surface area contributed by atoms with E-state index >= 15 is 0 Å². The van der Waals surface area contributed by atoms with Crippen molar-refractivity contribution < 1.29 is 26.0 Å². The molecule has 0 atom stereocenters. The molecule has 0 N–H and O–H groups in total. The fraction of sp³-hybridized carbons (Fsp3) is 0.375. The molecule has 0 saturated carbocycles. The Kier molecular flexibility index (Phi) is 4.98. The number of aryl methyl sites for hydroxylation is 1. The first-order valence-corrected chi connectivity index (χ1v) is 9.48. The number of alkyl halides is 3. The zero-order valence-corrected chi connectivity index (χ0v) is 15.1. The predicted molar refractivity (Wildman–Crippen MR) is 90.8 cm³/mol. The molecule has 146 valence electrons. The maximum atomic E-state index is 13.5. The number of nitrogens with zero attached hydrogens (tertiary/aromatic N) is 4. The smallest absolute Gasteiger partial charge is 0.367 e. The molecule has 2 aromatic rings.